The van der Waals surface area contributed by atoms with Gasteiger partial charge in [-0.2, -0.15) is 0 Å². The molecule has 0 saturated carbocycles. The second-order valence-corrected chi connectivity index (χ2v) is 11.1. The van der Waals surface area contributed by atoms with Crippen molar-refractivity contribution < 1.29 is 4.48 Å². The molecule has 0 spiro atoms. The Kier molecular flexibility index (Phi) is 5.91. The Hall–Kier alpha value is -3.16. The summed E-state index contributed by atoms with van der Waals surface area (Å²) in [7, 11) is 4.73. The lowest BCUT2D eigenvalue weighted by Crippen LogP contribution is -2.53. The fourth-order valence-corrected chi connectivity index (χ4v) is 5.76. The molecule has 1 heterocycles. The van der Waals surface area contributed by atoms with Gasteiger partial charge in [0.1, 0.15) is 0 Å². The summed E-state index contributed by atoms with van der Waals surface area (Å²) < 4.78 is 1.12. The quantitative estimate of drug-likeness (QED) is 0.278. The summed E-state index contributed by atoms with van der Waals surface area (Å²) in [6, 6.07) is 35.9. The van der Waals surface area contributed by atoms with E-state index in [9.17, 15) is 0 Å². The highest BCUT2D eigenvalue weighted by atomic mass is 15.3. The monoisotopic (exact) mass is 446 g/mol. The van der Waals surface area contributed by atoms with Gasteiger partial charge in [0.2, 0.25) is 0 Å². The van der Waals surface area contributed by atoms with E-state index in [2.05, 4.69) is 125 Å². The van der Waals surface area contributed by atoms with Gasteiger partial charge >= 0.3 is 0 Å². The average molecular weight is 447 g/mol. The van der Waals surface area contributed by atoms with Crippen LogP contribution in [0.2, 0.25) is 0 Å². The Morgan fingerprint density at radius 3 is 1.29 bits per heavy atom. The maximum atomic E-state index is 2.44. The highest BCUT2D eigenvalue weighted by molar-refractivity contribution is 5.73. The predicted molar refractivity (Wildman–Crippen MR) is 146 cm³/mol. The van der Waals surface area contributed by atoms with Gasteiger partial charge in [-0.05, 0) is 58.7 Å². The van der Waals surface area contributed by atoms with Crippen LogP contribution in [0.5, 0.6) is 0 Å². The lowest BCUT2D eigenvalue weighted by atomic mass is 9.75. The highest BCUT2D eigenvalue weighted by Gasteiger charge is 2.38. The third-order valence-electron chi connectivity index (χ3n) is 7.67. The summed E-state index contributed by atoms with van der Waals surface area (Å²) in [5.41, 5.74) is 10.6. The average Bonchev–Trinajstić information content (AvgIpc) is 2.84. The molecule has 0 N–H and O–H groups in total. The lowest BCUT2D eigenvalue weighted by Gasteiger charge is -2.44. The van der Waals surface area contributed by atoms with Gasteiger partial charge in [0.25, 0.3) is 0 Å². The van der Waals surface area contributed by atoms with E-state index in [4.69, 9.17) is 0 Å². The van der Waals surface area contributed by atoms with E-state index >= 15 is 0 Å². The Labute approximate surface area is 205 Å². The molecule has 34 heavy (non-hydrogen) atoms. The molecule has 1 heteroatoms. The molecule has 172 valence electrons. The number of likely N-dealkylation sites (tertiary alicyclic amines) is 1. The Balaban J connectivity index is 1.32. The number of piperidine rings is 1. The number of aryl methyl sites for hydroxylation is 1. The second kappa shape index (κ2) is 8.89. The van der Waals surface area contributed by atoms with Crippen molar-refractivity contribution in [1.29, 1.82) is 0 Å². The van der Waals surface area contributed by atoms with Gasteiger partial charge in [0.05, 0.1) is 27.2 Å². The molecule has 5 rings (SSSR count). The van der Waals surface area contributed by atoms with E-state index in [1.807, 2.05) is 0 Å². The fourth-order valence-electron chi connectivity index (χ4n) is 5.76. The first kappa shape index (κ1) is 22.6. The molecule has 1 unspecified atom stereocenters. The molecule has 0 bridgehead atoms. The normalized spacial score (nSPS) is 19.6. The molecule has 4 aromatic rings. The molecule has 0 aromatic heterocycles. The van der Waals surface area contributed by atoms with Crippen LogP contribution in [-0.4, -0.2) is 31.7 Å². The summed E-state index contributed by atoms with van der Waals surface area (Å²) in [5, 5.41) is 0. The molecule has 0 aliphatic carbocycles. The second-order valence-electron chi connectivity index (χ2n) is 11.1. The van der Waals surface area contributed by atoms with Gasteiger partial charge in [0.15, 0.2) is 0 Å². The molecule has 1 saturated heterocycles. The Bertz CT molecular complexity index is 1250. The van der Waals surface area contributed by atoms with Crippen molar-refractivity contribution in [2.24, 2.45) is 0 Å². The summed E-state index contributed by atoms with van der Waals surface area (Å²) in [6.45, 7) is 7.07. The van der Waals surface area contributed by atoms with Crippen LogP contribution in [0.3, 0.4) is 0 Å². The summed E-state index contributed by atoms with van der Waals surface area (Å²) in [6.07, 6.45) is 2.59. The maximum absolute atomic E-state index is 2.44. The van der Waals surface area contributed by atoms with Crippen LogP contribution in [0.1, 0.15) is 30.9 Å². The highest BCUT2D eigenvalue weighted by Crippen LogP contribution is 2.36. The number of likely N-dealkylation sites (N-methyl/N-ethyl adjacent to an activating group) is 1. The van der Waals surface area contributed by atoms with Gasteiger partial charge in [0, 0.05) is 5.41 Å². The molecule has 0 radical (unpaired) electrons. The van der Waals surface area contributed by atoms with Gasteiger partial charge in [-0.1, -0.05) is 110 Å². The molecular weight excluding hydrogens is 410 g/mol. The van der Waals surface area contributed by atoms with Crippen LogP contribution in [-0.2, 0) is 5.41 Å². The lowest BCUT2D eigenvalue weighted by molar-refractivity contribution is -0.899. The summed E-state index contributed by atoms with van der Waals surface area (Å²) >= 11 is 0. The van der Waals surface area contributed by atoms with Crippen molar-refractivity contribution in [3.8, 4) is 33.4 Å². The first-order valence-corrected chi connectivity index (χ1v) is 12.5. The largest absolute Gasteiger partial charge is 0.328 e. The first-order valence-electron chi connectivity index (χ1n) is 12.5. The first-order chi connectivity index (χ1) is 16.3. The van der Waals surface area contributed by atoms with Crippen LogP contribution in [0, 0.1) is 6.92 Å². The number of rotatable bonds is 4. The Morgan fingerprint density at radius 2 is 0.912 bits per heavy atom. The van der Waals surface area contributed by atoms with Crippen molar-refractivity contribution in [3.05, 3.63) is 108 Å². The number of benzene rings is 4. The third kappa shape index (κ3) is 4.72. The van der Waals surface area contributed by atoms with Crippen molar-refractivity contribution in [1.82, 2.24) is 0 Å². The van der Waals surface area contributed by atoms with Crippen molar-refractivity contribution in [2.75, 3.05) is 27.2 Å². The number of quaternary nitrogens is 1. The summed E-state index contributed by atoms with van der Waals surface area (Å²) in [4.78, 5) is 0. The summed E-state index contributed by atoms with van der Waals surface area (Å²) in [5.74, 6) is 0. The van der Waals surface area contributed by atoms with Gasteiger partial charge in [-0.3, -0.25) is 0 Å². The van der Waals surface area contributed by atoms with Gasteiger partial charge in [-0.25, -0.2) is 0 Å². The van der Waals surface area contributed by atoms with Crippen molar-refractivity contribution in [2.45, 2.75) is 32.1 Å². The molecule has 1 nitrogen and oxygen atoms in total. The number of hydrogen-bond donors (Lipinski definition) is 0. The molecule has 1 fully saturated rings. The standard InChI is InChI=1S/C33H36N/c1-25-6-8-26(9-7-25)27-10-12-28(13-11-27)29-14-16-30(17-15-29)31-18-20-32(21-19-31)33(2)22-5-23-34(3,4)24-33/h6-21H,5,22-24H2,1-4H3/q+1. The molecule has 1 aliphatic rings. The topological polar surface area (TPSA) is 0 Å². The SMILES string of the molecule is Cc1ccc(-c2ccc(-c3ccc(-c4ccc(C5(C)CCC[N+](C)(C)C5)cc4)cc3)cc2)cc1. The molecular formula is C33H36N+. The third-order valence-corrected chi connectivity index (χ3v) is 7.67. The van der Waals surface area contributed by atoms with Crippen LogP contribution in [0.25, 0.3) is 33.4 Å². The Morgan fingerprint density at radius 1 is 0.559 bits per heavy atom. The fraction of sp³-hybridized carbons (Fsp3) is 0.273. The van der Waals surface area contributed by atoms with Gasteiger partial charge in [-0.15, -0.1) is 0 Å². The van der Waals surface area contributed by atoms with E-state index < -0.39 is 0 Å². The number of hydrogen-bond acceptors (Lipinski definition) is 0. The number of nitrogens with zero attached hydrogens (tertiary/aromatic N) is 1. The van der Waals surface area contributed by atoms with E-state index in [-0.39, 0.29) is 5.41 Å². The van der Waals surface area contributed by atoms with Crippen LogP contribution in [0.15, 0.2) is 97.1 Å². The molecule has 0 amide bonds. The zero-order chi connectivity index (χ0) is 23.8. The predicted octanol–water partition coefficient (Wildman–Crippen LogP) is 8.12. The molecule has 1 aliphatic heterocycles. The van der Waals surface area contributed by atoms with Crippen molar-refractivity contribution >= 4 is 0 Å². The van der Waals surface area contributed by atoms with E-state index in [1.54, 1.807) is 0 Å². The minimum absolute atomic E-state index is 0.273. The smallest absolute Gasteiger partial charge is 0.0877 e. The zero-order valence-corrected chi connectivity index (χ0v) is 21.0. The minimum Gasteiger partial charge on any atom is -0.328 e. The molecule has 1 atom stereocenters. The minimum atomic E-state index is 0.273. The van der Waals surface area contributed by atoms with Crippen LogP contribution in [0.4, 0.5) is 0 Å². The van der Waals surface area contributed by atoms with Crippen LogP contribution >= 0.6 is 0 Å². The van der Waals surface area contributed by atoms with Crippen molar-refractivity contribution in [3.63, 3.8) is 0 Å². The van der Waals surface area contributed by atoms with E-state index in [1.165, 1.54) is 70.4 Å². The van der Waals surface area contributed by atoms with E-state index in [0.717, 1.165) is 4.48 Å². The zero-order valence-electron chi connectivity index (χ0n) is 21.0. The molecule has 4 aromatic carbocycles. The van der Waals surface area contributed by atoms with E-state index in [0.29, 0.717) is 0 Å². The van der Waals surface area contributed by atoms with Crippen LogP contribution < -0.4 is 0 Å². The maximum Gasteiger partial charge on any atom is 0.0877 e. The van der Waals surface area contributed by atoms with Gasteiger partial charge < -0.3 is 4.48 Å².